The van der Waals surface area contributed by atoms with E-state index in [1.807, 2.05) is 30.6 Å². The highest BCUT2D eigenvalue weighted by atomic mass is 16.7. The van der Waals surface area contributed by atoms with Crippen LogP contribution < -0.4 is 5.46 Å². The van der Waals surface area contributed by atoms with E-state index in [1.165, 1.54) is 0 Å². The summed E-state index contributed by atoms with van der Waals surface area (Å²) in [5, 5.41) is 0. The Hall–Kier alpha value is -2.37. The third kappa shape index (κ3) is 2.87. The molecular formula is C21H23BN2O2. The van der Waals surface area contributed by atoms with Crippen molar-refractivity contribution in [1.29, 1.82) is 0 Å². The predicted octanol–water partition coefficient (Wildman–Crippen LogP) is 3.84. The standard InChI is InChI=1S/C21H23BN2O2/c1-20(2)21(3,4)26-22(25-20)17-12-10-16(11-13-17)19-23-14-15-24(19)18-8-6-5-7-9-18/h5-15H,1-4H3. The van der Waals surface area contributed by atoms with Gasteiger partial charge in [0.1, 0.15) is 5.82 Å². The molecule has 1 fully saturated rings. The number of rotatable bonds is 3. The molecule has 1 aliphatic rings. The fourth-order valence-electron chi connectivity index (χ4n) is 3.08. The molecule has 0 bridgehead atoms. The average molecular weight is 346 g/mol. The van der Waals surface area contributed by atoms with Gasteiger partial charge >= 0.3 is 7.12 Å². The first kappa shape index (κ1) is 17.1. The van der Waals surface area contributed by atoms with E-state index in [1.54, 1.807) is 0 Å². The molecule has 0 atom stereocenters. The average Bonchev–Trinajstić information content (AvgIpc) is 3.18. The van der Waals surface area contributed by atoms with Gasteiger partial charge in [-0.3, -0.25) is 4.57 Å². The summed E-state index contributed by atoms with van der Waals surface area (Å²) < 4.78 is 14.3. The molecule has 0 saturated carbocycles. The van der Waals surface area contributed by atoms with Gasteiger partial charge in [0, 0.05) is 23.6 Å². The van der Waals surface area contributed by atoms with Crippen molar-refractivity contribution in [2.75, 3.05) is 0 Å². The molecule has 5 heteroatoms. The molecule has 0 unspecified atom stereocenters. The summed E-state index contributed by atoms with van der Waals surface area (Å²) >= 11 is 0. The number of nitrogens with zero attached hydrogens (tertiary/aromatic N) is 2. The molecule has 0 N–H and O–H groups in total. The number of para-hydroxylation sites is 1. The van der Waals surface area contributed by atoms with Crippen LogP contribution in [0.15, 0.2) is 67.0 Å². The van der Waals surface area contributed by atoms with Crippen LogP contribution in [0.5, 0.6) is 0 Å². The van der Waals surface area contributed by atoms with Crippen molar-refractivity contribution >= 4 is 12.6 Å². The zero-order valence-corrected chi connectivity index (χ0v) is 15.6. The van der Waals surface area contributed by atoms with Crippen molar-refractivity contribution < 1.29 is 9.31 Å². The molecule has 4 nitrogen and oxygen atoms in total. The summed E-state index contributed by atoms with van der Waals surface area (Å²) in [5.74, 6) is 0.914. The molecule has 4 rings (SSSR count). The van der Waals surface area contributed by atoms with Crippen LogP contribution in [0, 0.1) is 0 Å². The van der Waals surface area contributed by atoms with Crippen molar-refractivity contribution in [1.82, 2.24) is 9.55 Å². The van der Waals surface area contributed by atoms with Crippen LogP contribution in [0.1, 0.15) is 27.7 Å². The molecule has 2 aromatic carbocycles. The van der Waals surface area contributed by atoms with E-state index in [0.29, 0.717) is 0 Å². The first-order valence-electron chi connectivity index (χ1n) is 8.92. The van der Waals surface area contributed by atoms with E-state index in [9.17, 15) is 0 Å². The summed E-state index contributed by atoms with van der Waals surface area (Å²) in [6, 6.07) is 18.5. The summed E-state index contributed by atoms with van der Waals surface area (Å²) in [6.07, 6.45) is 3.80. The zero-order chi connectivity index (χ0) is 18.4. The fourth-order valence-corrected chi connectivity index (χ4v) is 3.08. The minimum atomic E-state index is -0.345. The van der Waals surface area contributed by atoms with Crippen LogP contribution in [-0.2, 0) is 9.31 Å². The molecular weight excluding hydrogens is 323 g/mol. The highest BCUT2D eigenvalue weighted by molar-refractivity contribution is 6.62. The van der Waals surface area contributed by atoms with Gasteiger partial charge in [-0.1, -0.05) is 42.5 Å². The summed E-state index contributed by atoms with van der Waals surface area (Å²) in [6.45, 7) is 8.27. The number of aromatic nitrogens is 2. The number of benzene rings is 2. The Balaban J connectivity index is 1.62. The van der Waals surface area contributed by atoms with Crippen molar-refractivity contribution in [3.63, 3.8) is 0 Å². The Morgan fingerprint density at radius 1 is 0.846 bits per heavy atom. The maximum Gasteiger partial charge on any atom is 0.494 e. The molecule has 1 aliphatic heterocycles. The maximum absolute atomic E-state index is 6.13. The molecule has 26 heavy (non-hydrogen) atoms. The maximum atomic E-state index is 6.13. The lowest BCUT2D eigenvalue weighted by atomic mass is 9.79. The highest BCUT2D eigenvalue weighted by Crippen LogP contribution is 2.36. The van der Waals surface area contributed by atoms with Gasteiger partial charge < -0.3 is 9.31 Å². The SMILES string of the molecule is CC1(C)OB(c2ccc(-c3nccn3-c3ccccc3)cc2)OC1(C)C. The Morgan fingerprint density at radius 2 is 1.46 bits per heavy atom. The largest absolute Gasteiger partial charge is 0.494 e. The lowest BCUT2D eigenvalue weighted by Gasteiger charge is -2.32. The molecule has 1 saturated heterocycles. The van der Waals surface area contributed by atoms with E-state index in [0.717, 1.165) is 22.5 Å². The van der Waals surface area contributed by atoms with Gasteiger partial charge in [0.15, 0.2) is 0 Å². The molecule has 1 aromatic heterocycles. The summed E-state index contributed by atoms with van der Waals surface area (Å²) in [5.41, 5.74) is 2.50. The van der Waals surface area contributed by atoms with Crippen molar-refractivity contribution in [2.24, 2.45) is 0 Å². The number of hydrogen-bond acceptors (Lipinski definition) is 3. The predicted molar refractivity (Wildman–Crippen MR) is 105 cm³/mol. The molecule has 0 radical (unpaired) electrons. The molecule has 132 valence electrons. The van der Waals surface area contributed by atoms with Gasteiger partial charge in [0.05, 0.1) is 11.2 Å². The van der Waals surface area contributed by atoms with Crippen LogP contribution in [0.3, 0.4) is 0 Å². The monoisotopic (exact) mass is 346 g/mol. The third-order valence-electron chi connectivity index (χ3n) is 5.37. The van der Waals surface area contributed by atoms with Crippen molar-refractivity contribution in [3.05, 3.63) is 67.0 Å². The first-order valence-corrected chi connectivity index (χ1v) is 8.92. The normalized spacial score (nSPS) is 18.2. The Labute approximate surface area is 154 Å². The van der Waals surface area contributed by atoms with Gasteiger partial charge in [0.2, 0.25) is 0 Å². The van der Waals surface area contributed by atoms with Gasteiger partial charge in [-0.25, -0.2) is 4.98 Å². The molecule has 0 spiro atoms. The van der Waals surface area contributed by atoms with Crippen LogP contribution in [0.4, 0.5) is 0 Å². The van der Waals surface area contributed by atoms with E-state index < -0.39 is 0 Å². The van der Waals surface area contributed by atoms with E-state index >= 15 is 0 Å². The zero-order valence-electron chi connectivity index (χ0n) is 15.6. The fraction of sp³-hybridized carbons (Fsp3) is 0.286. The van der Waals surface area contributed by atoms with Crippen LogP contribution in [0.25, 0.3) is 17.1 Å². The molecule has 0 amide bonds. The lowest BCUT2D eigenvalue weighted by molar-refractivity contribution is 0.00578. The second-order valence-corrected chi connectivity index (χ2v) is 7.67. The Bertz CT molecular complexity index is 885. The van der Waals surface area contributed by atoms with Crippen molar-refractivity contribution in [3.8, 4) is 17.1 Å². The van der Waals surface area contributed by atoms with Crippen LogP contribution in [-0.4, -0.2) is 27.9 Å². The van der Waals surface area contributed by atoms with Crippen molar-refractivity contribution in [2.45, 2.75) is 38.9 Å². The van der Waals surface area contributed by atoms with Gasteiger partial charge in [-0.2, -0.15) is 0 Å². The van der Waals surface area contributed by atoms with Gasteiger partial charge in [-0.15, -0.1) is 0 Å². The smallest absolute Gasteiger partial charge is 0.399 e. The third-order valence-corrected chi connectivity index (χ3v) is 5.37. The lowest BCUT2D eigenvalue weighted by Crippen LogP contribution is -2.41. The van der Waals surface area contributed by atoms with Crippen LogP contribution >= 0.6 is 0 Å². The van der Waals surface area contributed by atoms with E-state index in [4.69, 9.17) is 9.31 Å². The molecule has 0 aliphatic carbocycles. The van der Waals surface area contributed by atoms with E-state index in [-0.39, 0.29) is 18.3 Å². The molecule has 2 heterocycles. The highest BCUT2D eigenvalue weighted by Gasteiger charge is 2.51. The van der Waals surface area contributed by atoms with Gasteiger partial charge in [0.25, 0.3) is 0 Å². The Morgan fingerprint density at radius 3 is 2.08 bits per heavy atom. The van der Waals surface area contributed by atoms with E-state index in [2.05, 4.69) is 73.6 Å². The quantitative estimate of drug-likeness (QED) is 0.676. The summed E-state index contributed by atoms with van der Waals surface area (Å²) in [4.78, 5) is 4.54. The number of imidazole rings is 1. The first-order chi connectivity index (χ1) is 12.4. The summed E-state index contributed by atoms with van der Waals surface area (Å²) in [7, 11) is -0.345. The van der Waals surface area contributed by atoms with Crippen LogP contribution in [0.2, 0.25) is 0 Å². The second kappa shape index (κ2) is 6.11. The minimum Gasteiger partial charge on any atom is -0.399 e. The second-order valence-electron chi connectivity index (χ2n) is 7.67. The Kier molecular flexibility index (Phi) is 4.01. The molecule has 3 aromatic rings. The van der Waals surface area contributed by atoms with Gasteiger partial charge in [-0.05, 0) is 45.3 Å². The topological polar surface area (TPSA) is 36.3 Å². The minimum absolute atomic E-state index is 0.333. The number of hydrogen-bond donors (Lipinski definition) is 0.